The van der Waals surface area contributed by atoms with Crippen LogP contribution in [0.15, 0.2) is 48.5 Å². The predicted octanol–water partition coefficient (Wildman–Crippen LogP) is 2.84. The van der Waals surface area contributed by atoms with Gasteiger partial charge in [0.15, 0.2) is 0 Å². The molecule has 0 saturated heterocycles. The third kappa shape index (κ3) is 1.72. The van der Waals surface area contributed by atoms with E-state index in [1.807, 2.05) is 6.07 Å². The smallest absolute Gasteiger partial charge is 0.277 e. The summed E-state index contributed by atoms with van der Waals surface area (Å²) in [6.45, 7) is 0. The minimum atomic E-state index is -0.401. The molecule has 0 radical (unpaired) electrons. The van der Waals surface area contributed by atoms with Crippen molar-refractivity contribution in [2.75, 3.05) is 5.73 Å². The lowest BCUT2D eigenvalue weighted by Gasteiger charge is -2.05. The molecule has 0 aliphatic heterocycles. The highest BCUT2D eigenvalue weighted by molar-refractivity contribution is 5.82. The van der Waals surface area contributed by atoms with Gasteiger partial charge in [-0.05, 0) is 12.1 Å². The van der Waals surface area contributed by atoms with Crippen molar-refractivity contribution in [3.63, 3.8) is 0 Å². The van der Waals surface area contributed by atoms with Crippen LogP contribution in [0.4, 0.5) is 11.4 Å². The second-order valence-corrected chi connectivity index (χ2v) is 3.36. The molecule has 4 heteroatoms. The van der Waals surface area contributed by atoms with Gasteiger partial charge in [-0.3, -0.25) is 10.1 Å². The van der Waals surface area contributed by atoms with E-state index in [0.29, 0.717) is 16.8 Å². The van der Waals surface area contributed by atoms with E-state index in [2.05, 4.69) is 0 Å². The summed E-state index contributed by atoms with van der Waals surface area (Å²) in [7, 11) is 0. The lowest BCUT2D eigenvalue weighted by Crippen LogP contribution is -1.94. The van der Waals surface area contributed by atoms with Gasteiger partial charge in [-0.1, -0.05) is 30.3 Å². The first-order valence-corrected chi connectivity index (χ1v) is 4.78. The fourth-order valence-corrected chi connectivity index (χ4v) is 1.60. The summed E-state index contributed by atoms with van der Waals surface area (Å²) < 4.78 is 0. The summed E-state index contributed by atoms with van der Waals surface area (Å²) >= 11 is 0. The Labute approximate surface area is 92.5 Å². The number of nitrogen functional groups attached to an aromatic ring is 1. The fraction of sp³-hybridized carbons (Fsp3) is 0. The van der Waals surface area contributed by atoms with Crippen LogP contribution in [0.5, 0.6) is 0 Å². The Balaban J connectivity index is 2.65. The molecule has 2 aromatic rings. The first kappa shape index (κ1) is 10.2. The maximum atomic E-state index is 10.9. The predicted molar refractivity (Wildman–Crippen MR) is 62.9 cm³/mol. The van der Waals surface area contributed by atoms with Crippen molar-refractivity contribution < 1.29 is 4.92 Å². The fourth-order valence-electron chi connectivity index (χ4n) is 1.60. The standard InChI is InChI=1S/C12H10N2O2/c13-11-7-3-1-5-9(11)10-6-2-4-8-12(10)14(15)16/h1-8H,13H2. The van der Waals surface area contributed by atoms with Crippen molar-refractivity contribution in [2.24, 2.45) is 0 Å². The molecule has 0 amide bonds. The van der Waals surface area contributed by atoms with Crippen LogP contribution in [0, 0.1) is 10.1 Å². The van der Waals surface area contributed by atoms with Crippen LogP contribution in [0.25, 0.3) is 11.1 Å². The summed E-state index contributed by atoms with van der Waals surface area (Å²) in [5.41, 5.74) is 7.64. The lowest BCUT2D eigenvalue weighted by atomic mass is 10.0. The second-order valence-electron chi connectivity index (χ2n) is 3.36. The van der Waals surface area contributed by atoms with Gasteiger partial charge in [0.2, 0.25) is 0 Å². The zero-order valence-corrected chi connectivity index (χ0v) is 8.46. The maximum Gasteiger partial charge on any atom is 0.277 e. The number of hydrogen-bond acceptors (Lipinski definition) is 3. The SMILES string of the molecule is Nc1ccccc1-c1ccccc1[N+](=O)[O-]. The molecule has 0 fully saturated rings. The van der Waals surface area contributed by atoms with Crippen LogP contribution < -0.4 is 5.73 Å². The van der Waals surface area contributed by atoms with E-state index in [-0.39, 0.29) is 5.69 Å². The zero-order valence-electron chi connectivity index (χ0n) is 8.46. The van der Waals surface area contributed by atoms with E-state index in [1.54, 1.807) is 36.4 Å². The second kappa shape index (κ2) is 4.02. The molecule has 16 heavy (non-hydrogen) atoms. The van der Waals surface area contributed by atoms with Crippen LogP contribution >= 0.6 is 0 Å². The van der Waals surface area contributed by atoms with Gasteiger partial charge < -0.3 is 5.73 Å². The molecular weight excluding hydrogens is 204 g/mol. The highest BCUT2D eigenvalue weighted by Crippen LogP contribution is 2.32. The van der Waals surface area contributed by atoms with Crippen molar-refractivity contribution in [1.82, 2.24) is 0 Å². The highest BCUT2D eigenvalue weighted by atomic mass is 16.6. The van der Waals surface area contributed by atoms with E-state index in [0.717, 1.165) is 0 Å². The molecule has 2 rings (SSSR count). The van der Waals surface area contributed by atoms with Crippen molar-refractivity contribution in [2.45, 2.75) is 0 Å². The molecule has 2 aromatic carbocycles. The molecule has 0 bridgehead atoms. The Kier molecular flexibility index (Phi) is 2.55. The molecule has 2 N–H and O–H groups in total. The molecule has 0 unspecified atom stereocenters. The molecule has 0 heterocycles. The number of anilines is 1. The van der Waals surface area contributed by atoms with Gasteiger partial charge in [0, 0.05) is 17.3 Å². The topological polar surface area (TPSA) is 69.2 Å². The minimum Gasteiger partial charge on any atom is -0.398 e. The summed E-state index contributed by atoms with van der Waals surface area (Å²) in [6.07, 6.45) is 0. The van der Waals surface area contributed by atoms with Gasteiger partial charge in [0.25, 0.3) is 5.69 Å². The third-order valence-corrected chi connectivity index (χ3v) is 2.35. The Morgan fingerprint density at radius 2 is 1.50 bits per heavy atom. The van der Waals surface area contributed by atoms with Gasteiger partial charge in [-0.15, -0.1) is 0 Å². The number of nitro groups is 1. The zero-order chi connectivity index (χ0) is 11.5. The normalized spacial score (nSPS) is 10.0. The molecule has 0 atom stereocenters. The van der Waals surface area contributed by atoms with Crippen LogP contribution in [-0.4, -0.2) is 4.92 Å². The molecule has 80 valence electrons. The summed E-state index contributed by atoms with van der Waals surface area (Å²) in [4.78, 5) is 10.5. The van der Waals surface area contributed by atoms with E-state index in [1.165, 1.54) is 6.07 Å². The third-order valence-electron chi connectivity index (χ3n) is 2.35. The molecule has 0 spiro atoms. The summed E-state index contributed by atoms with van der Waals surface area (Å²) in [5, 5.41) is 10.9. The molecule has 0 aromatic heterocycles. The van der Waals surface area contributed by atoms with Gasteiger partial charge >= 0.3 is 0 Å². The van der Waals surface area contributed by atoms with E-state index >= 15 is 0 Å². The quantitative estimate of drug-likeness (QED) is 0.474. The number of rotatable bonds is 2. The lowest BCUT2D eigenvalue weighted by molar-refractivity contribution is -0.384. The highest BCUT2D eigenvalue weighted by Gasteiger charge is 2.15. The molecule has 0 saturated carbocycles. The van der Waals surface area contributed by atoms with Crippen LogP contribution in [-0.2, 0) is 0 Å². The summed E-state index contributed by atoms with van der Waals surface area (Å²) in [6, 6.07) is 13.7. The number of nitrogens with zero attached hydrogens (tertiary/aromatic N) is 1. The molecule has 0 aliphatic carbocycles. The number of para-hydroxylation sites is 2. The number of hydrogen-bond donors (Lipinski definition) is 1. The Morgan fingerprint density at radius 1 is 0.938 bits per heavy atom. The summed E-state index contributed by atoms with van der Waals surface area (Å²) in [5.74, 6) is 0. The van der Waals surface area contributed by atoms with Crippen LogP contribution in [0.3, 0.4) is 0 Å². The van der Waals surface area contributed by atoms with E-state index in [9.17, 15) is 10.1 Å². The Morgan fingerprint density at radius 3 is 2.12 bits per heavy atom. The van der Waals surface area contributed by atoms with Crippen molar-refractivity contribution in [1.29, 1.82) is 0 Å². The van der Waals surface area contributed by atoms with Crippen molar-refractivity contribution in [3.8, 4) is 11.1 Å². The molecule has 4 nitrogen and oxygen atoms in total. The van der Waals surface area contributed by atoms with Crippen LogP contribution in [0.1, 0.15) is 0 Å². The minimum absolute atomic E-state index is 0.0698. The van der Waals surface area contributed by atoms with E-state index in [4.69, 9.17) is 5.73 Å². The van der Waals surface area contributed by atoms with Crippen LogP contribution in [0.2, 0.25) is 0 Å². The van der Waals surface area contributed by atoms with E-state index < -0.39 is 4.92 Å². The number of nitrogens with two attached hydrogens (primary N) is 1. The number of benzene rings is 2. The van der Waals surface area contributed by atoms with Gasteiger partial charge in [0.1, 0.15) is 0 Å². The average molecular weight is 214 g/mol. The first-order valence-electron chi connectivity index (χ1n) is 4.78. The van der Waals surface area contributed by atoms with Gasteiger partial charge in [-0.25, -0.2) is 0 Å². The monoisotopic (exact) mass is 214 g/mol. The van der Waals surface area contributed by atoms with Gasteiger partial charge in [-0.2, -0.15) is 0 Å². The largest absolute Gasteiger partial charge is 0.398 e. The van der Waals surface area contributed by atoms with Crippen molar-refractivity contribution in [3.05, 3.63) is 58.6 Å². The Bertz CT molecular complexity index is 538. The molecule has 0 aliphatic rings. The number of nitro benzene ring substituents is 1. The molecular formula is C12H10N2O2. The van der Waals surface area contributed by atoms with Gasteiger partial charge in [0.05, 0.1) is 10.5 Å². The average Bonchev–Trinajstić information content (AvgIpc) is 2.29. The Hall–Kier alpha value is -2.36. The first-order chi connectivity index (χ1) is 7.70. The van der Waals surface area contributed by atoms with Crippen molar-refractivity contribution >= 4 is 11.4 Å². The maximum absolute atomic E-state index is 10.9.